The van der Waals surface area contributed by atoms with Gasteiger partial charge in [-0.05, 0) is 31.2 Å². The Bertz CT molecular complexity index is 893. The summed E-state index contributed by atoms with van der Waals surface area (Å²) in [5.74, 6) is -1.50. The predicted molar refractivity (Wildman–Crippen MR) is 102 cm³/mol. The first-order chi connectivity index (χ1) is 13.0. The zero-order valence-electron chi connectivity index (χ0n) is 14.6. The number of nitrogens with one attached hydrogen (secondary N) is 1. The van der Waals surface area contributed by atoms with Crippen LogP contribution in [0.4, 0.5) is 14.5 Å². The number of aromatic nitrogens is 1. The second kappa shape index (κ2) is 8.81. The topological polar surface area (TPSA) is 55.1 Å². The highest BCUT2D eigenvalue weighted by atomic mass is 32.2. The van der Waals surface area contributed by atoms with Crippen molar-refractivity contribution in [1.29, 1.82) is 0 Å². The first-order valence-corrected chi connectivity index (χ1v) is 9.24. The fourth-order valence-electron chi connectivity index (χ4n) is 2.44. The normalized spacial score (nSPS) is 11.0. The molecule has 0 fully saturated rings. The summed E-state index contributed by atoms with van der Waals surface area (Å²) in [7, 11) is 0. The van der Waals surface area contributed by atoms with Crippen molar-refractivity contribution >= 4 is 23.4 Å². The summed E-state index contributed by atoms with van der Waals surface area (Å²) in [5.41, 5.74) is 2.66. The molecule has 0 aliphatic heterocycles. The number of hydrogen-bond donors (Lipinski definition) is 1. The van der Waals surface area contributed by atoms with Crippen LogP contribution >= 0.6 is 11.8 Å². The lowest BCUT2D eigenvalue weighted by atomic mass is 10.1. The zero-order valence-corrected chi connectivity index (χ0v) is 15.4. The van der Waals surface area contributed by atoms with E-state index in [1.165, 1.54) is 0 Å². The summed E-state index contributed by atoms with van der Waals surface area (Å²) < 4.78 is 30.3. The lowest BCUT2D eigenvalue weighted by Gasteiger charge is -2.05. The number of anilines is 1. The highest BCUT2D eigenvalue weighted by Crippen LogP contribution is 2.26. The molecule has 0 radical (unpaired) electrons. The molecule has 0 bridgehead atoms. The molecule has 0 aliphatic carbocycles. The molecule has 1 amide bonds. The Balaban J connectivity index is 1.51. The van der Waals surface area contributed by atoms with Gasteiger partial charge in [0.05, 0.1) is 6.20 Å². The number of hydrogen-bond acceptors (Lipinski definition) is 4. The summed E-state index contributed by atoms with van der Waals surface area (Å²) in [5, 5.41) is 2.73. The van der Waals surface area contributed by atoms with Crippen molar-refractivity contribution in [3.63, 3.8) is 0 Å². The predicted octanol–water partition coefficient (Wildman–Crippen LogP) is 5.54. The Morgan fingerprint density at radius 1 is 1.15 bits per heavy atom. The molecule has 27 heavy (non-hydrogen) atoms. The van der Waals surface area contributed by atoms with Crippen LogP contribution in [-0.2, 0) is 11.2 Å². The molecule has 7 heteroatoms. The molecule has 0 saturated carbocycles. The number of oxazole rings is 1. The number of halogens is 2. The van der Waals surface area contributed by atoms with Crippen molar-refractivity contribution in [2.75, 3.05) is 5.32 Å². The Kier molecular flexibility index (Phi) is 6.24. The van der Waals surface area contributed by atoms with Crippen molar-refractivity contribution in [3.8, 4) is 11.3 Å². The third-order valence-electron chi connectivity index (χ3n) is 3.82. The first kappa shape index (κ1) is 19.1. The van der Waals surface area contributed by atoms with Crippen LogP contribution in [0.2, 0.25) is 0 Å². The molecule has 0 spiro atoms. The van der Waals surface area contributed by atoms with Crippen LogP contribution in [0, 0.1) is 6.92 Å². The van der Waals surface area contributed by atoms with Gasteiger partial charge in [-0.2, -0.15) is 8.78 Å². The standard InChI is InChI=1S/C20H18F2N2O2S/c1-13-2-4-14(5-3-13)17-12-23-19(26-17)11-10-18(25)24-15-6-8-16(9-7-15)27-20(21)22/h2-9,12,20H,10-11H2,1H3,(H,24,25). The third kappa shape index (κ3) is 5.65. The highest BCUT2D eigenvalue weighted by molar-refractivity contribution is 7.99. The van der Waals surface area contributed by atoms with E-state index in [0.717, 1.165) is 11.1 Å². The monoisotopic (exact) mass is 388 g/mol. The molecule has 2 aromatic carbocycles. The average Bonchev–Trinajstić information content (AvgIpc) is 3.11. The number of rotatable bonds is 7. The molecule has 0 aliphatic rings. The summed E-state index contributed by atoms with van der Waals surface area (Å²) in [4.78, 5) is 16.7. The Morgan fingerprint density at radius 2 is 1.85 bits per heavy atom. The molecule has 140 valence electrons. The molecule has 0 unspecified atom stereocenters. The maximum atomic E-state index is 12.3. The van der Waals surface area contributed by atoms with Gasteiger partial charge in [-0.3, -0.25) is 4.79 Å². The van der Waals surface area contributed by atoms with Crippen molar-refractivity contribution in [2.45, 2.75) is 30.4 Å². The summed E-state index contributed by atoms with van der Waals surface area (Å²) in [6.45, 7) is 2.01. The Hall–Kier alpha value is -2.67. The van der Waals surface area contributed by atoms with Gasteiger partial charge in [0.15, 0.2) is 11.7 Å². The number of carbonyl (C=O) groups is 1. The van der Waals surface area contributed by atoms with Crippen LogP contribution in [0.1, 0.15) is 17.9 Å². The fourth-order valence-corrected chi connectivity index (χ4v) is 2.94. The van der Waals surface area contributed by atoms with E-state index in [4.69, 9.17) is 4.42 Å². The molecule has 0 atom stereocenters. The molecule has 4 nitrogen and oxygen atoms in total. The van der Waals surface area contributed by atoms with E-state index in [0.29, 0.717) is 40.4 Å². The van der Waals surface area contributed by atoms with Gasteiger partial charge in [0.1, 0.15) is 0 Å². The summed E-state index contributed by atoms with van der Waals surface area (Å²) in [6.07, 6.45) is 2.23. The van der Waals surface area contributed by atoms with Crippen molar-refractivity contribution in [1.82, 2.24) is 4.98 Å². The van der Waals surface area contributed by atoms with Crippen LogP contribution in [-0.4, -0.2) is 16.6 Å². The van der Waals surface area contributed by atoms with Crippen LogP contribution in [0.15, 0.2) is 64.0 Å². The lowest BCUT2D eigenvalue weighted by molar-refractivity contribution is -0.116. The van der Waals surface area contributed by atoms with E-state index >= 15 is 0 Å². The number of aryl methyl sites for hydroxylation is 2. The SMILES string of the molecule is Cc1ccc(-c2cnc(CCC(=O)Nc3ccc(SC(F)F)cc3)o2)cc1. The minimum absolute atomic E-state index is 0.195. The highest BCUT2D eigenvalue weighted by Gasteiger charge is 2.10. The van der Waals surface area contributed by atoms with E-state index < -0.39 is 5.76 Å². The largest absolute Gasteiger partial charge is 0.441 e. The minimum Gasteiger partial charge on any atom is -0.441 e. The average molecular weight is 388 g/mol. The van der Waals surface area contributed by atoms with Crippen LogP contribution in [0.3, 0.4) is 0 Å². The molecular formula is C20H18F2N2O2S. The maximum absolute atomic E-state index is 12.3. The van der Waals surface area contributed by atoms with Gasteiger partial charge in [-0.1, -0.05) is 41.6 Å². The molecule has 3 rings (SSSR count). The van der Waals surface area contributed by atoms with Crippen molar-refractivity contribution < 1.29 is 18.0 Å². The molecular weight excluding hydrogens is 370 g/mol. The smallest absolute Gasteiger partial charge is 0.288 e. The third-order valence-corrected chi connectivity index (χ3v) is 4.54. The van der Waals surface area contributed by atoms with E-state index in [1.54, 1.807) is 30.5 Å². The fraction of sp³-hybridized carbons (Fsp3) is 0.200. The van der Waals surface area contributed by atoms with E-state index in [9.17, 15) is 13.6 Å². The van der Waals surface area contributed by atoms with Crippen LogP contribution in [0.5, 0.6) is 0 Å². The van der Waals surface area contributed by atoms with Gasteiger partial charge >= 0.3 is 0 Å². The quantitative estimate of drug-likeness (QED) is 0.540. The Labute approximate surface area is 160 Å². The Morgan fingerprint density at radius 3 is 2.52 bits per heavy atom. The second-order valence-corrected chi connectivity index (χ2v) is 7.00. The minimum atomic E-state index is -2.46. The van der Waals surface area contributed by atoms with E-state index in [2.05, 4.69) is 10.3 Å². The van der Waals surface area contributed by atoms with Gasteiger partial charge < -0.3 is 9.73 Å². The summed E-state index contributed by atoms with van der Waals surface area (Å²) >= 11 is 0.468. The van der Waals surface area contributed by atoms with Crippen LogP contribution < -0.4 is 5.32 Å². The molecule has 1 heterocycles. The van der Waals surface area contributed by atoms with Gasteiger partial charge in [0.2, 0.25) is 5.91 Å². The van der Waals surface area contributed by atoms with Crippen molar-refractivity contribution in [2.24, 2.45) is 0 Å². The van der Waals surface area contributed by atoms with Gasteiger partial charge in [-0.15, -0.1) is 0 Å². The van der Waals surface area contributed by atoms with E-state index in [1.807, 2.05) is 31.2 Å². The van der Waals surface area contributed by atoms with Gasteiger partial charge in [0, 0.05) is 29.0 Å². The molecule has 1 N–H and O–H groups in total. The van der Waals surface area contributed by atoms with Gasteiger partial charge in [0.25, 0.3) is 5.76 Å². The van der Waals surface area contributed by atoms with Crippen LogP contribution in [0.25, 0.3) is 11.3 Å². The second-order valence-electron chi connectivity index (χ2n) is 5.94. The van der Waals surface area contributed by atoms with Crippen molar-refractivity contribution in [3.05, 3.63) is 66.2 Å². The molecule has 0 saturated heterocycles. The number of thioether (sulfide) groups is 1. The van der Waals surface area contributed by atoms with E-state index in [-0.39, 0.29) is 12.3 Å². The molecule has 1 aromatic heterocycles. The maximum Gasteiger partial charge on any atom is 0.288 e. The van der Waals surface area contributed by atoms with Gasteiger partial charge in [-0.25, -0.2) is 4.98 Å². The zero-order chi connectivity index (χ0) is 19.2. The lowest BCUT2D eigenvalue weighted by Crippen LogP contribution is -2.12. The summed E-state index contributed by atoms with van der Waals surface area (Å²) in [6, 6.07) is 14.2. The molecule has 3 aromatic rings. The first-order valence-electron chi connectivity index (χ1n) is 8.36. The number of carbonyl (C=O) groups excluding carboxylic acids is 1. The number of nitrogens with zero attached hydrogens (tertiary/aromatic N) is 1. The number of benzene rings is 2. The number of amides is 1. The number of alkyl halides is 2.